The molecule has 0 spiro atoms. The van der Waals surface area contributed by atoms with Gasteiger partial charge in [0.05, 0.1) is 4.47 Å². The molecule has 0 bridgehead atoms. The van der Waals surface area contributed by atoms with Crippen molar-refractivity contribution in [2.75, 3.05) is 26.2 Å². The Kier molecular flexibility index (Phi) is 6.95. The molecular formula is C23H24BrClN4O2. The zero-order valence-corrected chi connectivity index (χ0v) is 19.6. The van der Waals surface area contributed by atoms with E-state index in [1.54, 1.807) is 35.1 Å². The Hall–Kier alpha value is -2.35. The summed E-state index contributed by atoms with van der Waals surface area (Å²) in [6, 6.07) is 15.6. The third-order valence-corrected chi connectivity index (χ3v) is 6.11. The van der Waals surface area contributed by atoms with Crippen LogP contribution in [0.5, 0.6) is 5.75 Å². The van der Waals surface area contributed by atoms with Gasteiger partial charge in [-0.2, -0.15) is 5.10 Å². The number of piperazine rings is 1. The van der Waals surface area contributed by atoms with Crippen LogP contribution in [0.15, 0.2) is 59.2 Å². The molecule has 4 rings (SSSR count). The predicted molar refractivity (Wildman–Crippen MR) is 124 cm³/mol. The van der Waals surface area contributed by atoms with E-state index in [4.69, 9.17) is 16.3 Å². The average molecular weight is 504 g/mol. The van der Waals surface area contributed by atoms with Crippen LogP contribution in [0.1, 0.15) is 21.6 Å². The number of amides is 1. The zero-order valence-electron chi connectivity index (χ0n) is 17.3. The second kappa shape index (κ2) is 9.85. The molecule has 3 aromatic rings. The number of hydrogen-bond acceptors (Lipinski definition) is 4. The molecule has 1 aromatic heterocycles. The highest BCUT2D eigenvalue weighted by atomic mass is 79.9. The fourth-order valence-corrected chi connectivity index (χ4v) is 4.41. The number of benzene rings is 2. The van der Waals surface area contributed by atoms with Crippen molar-refractivity contribution in [1.82, 2.24) is 19.6 Å². The highest BCUT2D eigenvalue weighted by Gasteiger charge is 2.23. The molecule has 0 radical (unpaired) electrons. The maximum atomic E-state index is 12.9. The summed E-state index contributed by atoms with van der Waals surface area (Å²) < 4.78 is 8.14. The number of carbonyl (C=O) groups is 1. The molecule has 1 fully saturated rings. The molecule has 2 aromatic carbocycles. The van der Waals surface area contributed by atoms with E-state index in [1.165, 1.54) is 11.1 Å². The number of aryl methyl sites for hydroxylation is 1. The quantitative estimate of drug-likeness (QED) is 0.493. The van der Waals surface area contributed by atoms with Gasteiger partial charge >= 0.3 is 0 Å². The van der Waals surface area contributed by atoms with Crippen molar-refractivity contribution in [2.45, 2.75) is 20.2 Å². The Bertz CT molecular complexity index is 1060. The van der Waals surface area contributed by atoms with Gasteiger partial charge in [-0.3, -0.25) is 9.69 Å². The maximum absolute atomic E-state index is 12.9. The van der Waals surface area contributed by atoms with Gasteiger partial charge in [-0.05, 0) is 52.7 Å². The summed E-state index contributed by atoms with van der Waals surface area (Å²) in [6.07, 6.45) is 1.76. The molecule has 0 N–H and O–H groups in total. The van der Waals surface area contributed by atoms with Gasteiger partial charge in [-0.25, -0.2) is 4.68 Å². The monoisotopic (exact) mass is 502 g/mol. The van der Waals surface area contributed by atoms with E-state index in [0.717, 1.165) is 24.1 Å². The van der Waals surface area contributed by atoms with E-state index < -0.39 is 0 Å². The lowest BCUT2D eigenvalue weighted by Gasteiger charge is -2.34. The van der Waals surface area contributed by atoms with Crippen LogP contribution < -0.4 is 4.74 Å². The highest BCUT2D eigenvalue weighted by molar-refractivity contribution is 9.10. The second-order valence-electron chi connectivity index (χ2n) is 7.65. The van der Waals surface area contributed by atoms with E-state index in [0.29, 0.717) is 29.6 Å². The molecule has 0 saturated carbocycles. The van der Waals surface area contributed by atoms with Gasteiger partial charge in [-0.15, -0.1) is 0 Å². The molecule has 31 heavy (non-hydrogen) atoms. The summed E-state index contributed by atoms with van der Waals surface area (Å²) in [6.45, 7) is 6.34. The smallest absolute Gasteiger partial charge is 0.274 e. The molecule has 0 atom stereocenters. The number of halogens is 2. The molecule has 0 unspecified atom stereocenters. The Labute approximate surface area is 195 Å². The summed E-state index contributed by atoms with van der Waals surface area (Å²) in [5.74, 6) is 0.624. The van der Waals surface area contributed by atoms with Crippen LogP contribution in [0, 0.1) is 6.92 Å². The molecule has 1 aliphatic rings. The van der Waals surface area contributed by atoms with Crippen molar-refractivity contribution in [1.29, 1.82) is 0 Å². The Morgan fingerprint density at radius 1 is 1.13 bits per heavy atom. The predicted octanol–water partition coefficient (Wildman–Crippen LogP) is 4.60. The molecule has 8 heteroatoms. The molecule has 0 aliphatic carbocycles. The number of nitrogens with zero attached hydrogens (tertiary/aromatic N) is 4. The van der Waals surface area contributed by atoms with E-state index >= 15 is 0 Å². The minimum Gasteiger partial charge on any atom is -0.470 e. The molecule has 1 aliphatic heterocycles. The summed E-state index contributed by atoms with van der Waals surface area (Å²) >= 11 is 9.38. The van der Waals surface area contributed by atoms with Crippen molar-refractivity contribution in [3.05, 3.63) is 81.0 Å². The lowest BCUT2D eigenvalue weighted by atomic mass is 10.1. The Balaban J connectivity index is 1.29. The SMILES string of the molecule is Cc1cccc(CN2CCN(C(=O)c3ccn(COc4ccc(Cl)cc4Br)n3)CC2)c1. The van der Waals surface area contributed by atoms with Gasteiger partial charge in [0, 0.05) is 43.9 Å². The van der Waals surface area contributed by atoms with E-state index in [2.05, 4.69) is 57.1 Å². The van der Waals surface area contributed by atoms with Crippen LogP contribution >= 0.6 is 27.5 Å². The van der Waals surface area contributed by atoms with E-state index in [-0.39, 0.29) is 12.6 Å². The van der Waals surface area contributed by atoms with Crippen molar-refractivity contribution in [3.63, 3.8) is 0 Å². The van der Waals surface area contributed by atoms with Crippen molar-refractivity contribution < 1.29 is 9.53 Å². The van der Waals surface area contributed by atoms with Gasteiger partial charge in [0.1, 0.15) is 5.75 Å². The first kappa shape index (κ1) is 21.9. The highest BCUT2D eigenvalue weighted by Crippen LogP contribution is 2.28. The van der Waals surface area contributed by atoms with Crippen LogP contribution in [0.4, 0.5) is 0 Å². The van der Waals surface area contributed by atoms with Crippen LogP contribution in [0.2, 0.25) is 5.02 Å². The van der Waals surface area contributed by atoms with Gasteiger partial charge < -0.3 is 9.64 Å². The lowest BCUT2D eigenvalue weighted by molar-refractivity contribution is 0.0621. The fourth-order valence-electron chi connectivity index (χ4n) is 3.62. The summed E-state index contributed by atoms with van der Waals surface area (Å²) in [5, 5.41) is 5.02. The zero-order chi connectivity index (χ0) is 21.8. The van der Waals surface area contributed by atoms with Crippen LogP contribution in [0.3, 0.4) is 0 Å². The van der Waals surface area contributed by atoms with E-state index in [9.17, 15) is 4.79 Å². The van der Waals surface area contributed by atoms with Gasteiger partial charge in [0.2, 0.25) is 0 Å². The summed E-state index contributed by atoms with van der Waals surface area (Å²) in [7, 11) is 0. The first-order valence-electron chi connectivity index (χ1n) is 10.2. The van der Waals surface area contributed by atoms with Crippen LogP contribution in [0.25, 0.3) is 0 Å². The normalized spacial score (nSPS) is 14.6. The van der Waals surface area contributed by atoms with Crippen LogP contribution in [-0.4, -0.2) is 51.7 Å². The summed E-state index contributed by atoms with van der Waals surface area (Å²) in [5.41, 5.74) is 3.02. The number of ether oxygens (including phenoxy) is 1. The molecule has 1 amide bonds. The molecule has 1 saturated heterocycles. The largest absolute Gasteiger partial charge is 0.470 e. The average Bonchev–Trinajstić information content (AvgIpc) is 3.22. The third kappa shape index (κ3) is 5.67. The number of rotatable bonds is 6. The first-order valence-corrected chi connectivity index (χ1v) is 11.3. The minimum absolute atomic E-state index is 0.0402. The summed E-state index contributed by atoms with van der Waals surface area (Å²) in [4.78, 5) is 17.1. The topological polar surface area (TPSA) is 50.6 Å². The molecular weight excluding hydrogens is 480 g/mol. The van der Waals surface area contributed by atoms with Crippen molar-refractivity contribution in [2.24, 2.45) is 0 Å². The standard InChI is InChI=1S/C23H24BrClN4O2/c1-17-3-2-4-18(13-17)15-27-9-11-28(12-10-27)23(30)21-7-8-29(26-21)16-31-22-6-5-19(25)14-20(22)24/h2-8,13-14H,9-12,15-16H2,1H3. The number of hydrogen-bond donors (Lipinski definition) is 0. The van der Waals surface area contributed by atoms with Gasteiger partial charge in [0.25, 0.3) is 5.91 Å². The van der Waals surface area contributed by atoms with Gasteiger partial charge in [-0.1, -0.05) is 41.4 Å². The Morgan fingerprint density at radius 3 is 2.68 bits per heavy atom. The van der Waals surface area contributed by atoms with E-state index in [1.807, 2.05) is 4.90 Å². The van der Waals surface area contributed by atoms with Gasteiger partial charge in [0.15, 0.2) is 12.4 Å². The van der Waals surface area contributed by atoms with Crippen molar-refractivity contribution >= 4 is 33.4 Å². The molecule has 2 heterocycles. The van der Waals surface area contributed by atoms with Crippen LogP contribution in [-0.2, 0) is 13.3 Å². The minimum atomic E-state index is -0.0402. The fraction of sp³-hybridized carbons (Fsp3) is 0.304. The second-order valence-corrected chi connectivity index (χ2v) is 8.94. The number of aromatic nitrogens is 2. The lowest BCUT2D eigenvalue weighted by Crippen LogP contribution is -2.48. The molecule has 6 nitrogen and oxygen atoms in total. The molecule has 162 valence electrons. The van der Waals surface area contributed by atoms with Crippen molar-refractivity contribution in [3.8, 4) is 5.75 Å². The Morgan fingerprint density at radius 2 is 1.94 bits per heavy atom. The third-order valence-electron chi connectivity index (χ3n) is 5.25. The first-order chi connectivity index (χ1) is 15.0. The number of carbonyl (C=O) groups excluding carboxylic acids is 1. The maximum Gasteiger partial charge on any atom is 0.274 e.